The number of rotatable bonds is 10. The molecule has 3 aromatic rings. The first kappa shape index (κ1) is 24.1. The fourth-order valence-electron chi connectivity index (χ4n) is 2.89. The van der Waals surface area contributed by atoms with Crippen molar-refractivity contribution in [1.82, 2.24) is 15.6 Å². The van der Waals surface area contributed by atoms with Crippen LogP contribution >= 0.6 is 11.3 Å². The number of methoxy groups -OCH3 is 1. The molecule has 0 aliphatic rings. The van der Waals surface area contributed by atoms with Crippen molar-refractivity contribution in [1.29, 1.82) is 0 Å². The third-order valence-electron chi connectivity index (χ3n) is 4.62. The van der Waals surface area contributed by atoms with Crippen LogP contribution in [0, 0.1) is 6.92 Å². The lowest BCUT2D eigenvalue weighted by Gasteiger charge is -2.18. The normalized spacial score (nSPS) is 11.6. The average Bonchev–Trinajstić information content (AvgIpc) is 3.27. The molecule has 0 spiro atoms. The van der Waals surface area contributed by atoms with Gasteiger partial charge in [0.15, 0.2) is 0 Å². The summed E-state index contributed by atoms with van der Waals surface area (Å²) in [5, 5.41) is 5.13. The van der Waals surface area contributed by atoms with E-state index in [0.29, 0.717) is 4.88 Å². The molecule has 2 heterocycles. The summed E-state index contributed by atoms with van der Waals surface area (Å²) in [5.74, 6) is -1.09. The van der Waals surface area contributed by atoms with E-state index in [1.807, 2.05) is 43.3 Å². The minimum absolute atomic E-state index is 0.0157. The Hall–Kier alpha value is -3.50. The van der Waals surface area contributed by atoms with Crippen molar-refractivity contribution < 1.29 is 28.6 Å². The molecule has 2 amide bonds. The SMILES string of the molecule is COCCOC(=O)[C@@H](CNC(=O)c1cc2nccc(C)c2s1)NC(=O)OCc1ccccc1. The van der Waals surface area contributed by atoms with Crippen LogP contribution in [0.15, 0.2) is 48.7 Å². The predicted octanol–water partition coefficient (Wildman–Crippen LogP) is 2.82. The Morgan fingerprint density at radius 2 is 1.88 bits per heavy atom. The van der Waals surface area contributed by atoms with Gasteiger partial charge >= 0.3 is 12.1 Å². The van der Waals surface area contributed by atoms with Crippen molar-refractivity contribution in [3.05, 3.63) is 64.7 Å². The number of alkyl carbamates (subject to hydrolysis) is 1. The highest BCUT2D eigenvalue weighted by Gasteiger charge is 2.24. The van der Waals surface area contributed by atoms with Crippen LogP contribution in [0.5, 0.6) is 0 Å². The molecule has 2 aromatic heterocycles. The van der Waals surface area contributed by atoms with Crippen LogP contribution in [-0.4, -0.2) is 55.9 Å². The number of nitrogens with zero attached hydrogens (tertiary/aromatic N) is 1. The number of hydrogen-bond acceptors (Lipinski definition) is 8. The highest BCUT2D eigenvalue weighted by atomic mass is 32.1. The Labute approximate surface area is 195 Å². The predicted molar refractivity (Wildman–Crippen MR) is 123 cm³/mol. The molecule has 0 bridgehead atoms. The molecule has 0 unspecified atom stereocenters. The second-order valence-corrected chi connectivity index (χ2v) is 8.13. The number of amides is 2. The van der Waals surface area contributed by atoms with E-state index in [-0.39, 0.29) is 32.3 Å². The number of aromatic nitrogens is 1. The molecule has 0 aliphatic heterocycles. The van der Waals surface area contributed by atoms with Crippen molar-refractivity contribution in [2.45, 2.75) is 19.6 Å². The number of ether oxygens (including phenoxy) is 3. The van der Waals surface area contributed by atoms with Crippen LogP contribution in [0.3, 0.4) is 0 Å². The van der Waals surface area contributed by atoms with Gasteiger partial charge in [0.2, 0.25) is 0 Å². The first-order valence-corrected chi connectivity index (χ1v) is 11.1. The van der Waals surface area contributed by atoms with Crippen molar-refractivity contribution in [2.75, 3.05) is 26.9 Å². The second kappa shape index (κ2) is 11.9. The fraction of sp³-hybridized carbons (Fsp3) is 0.304. The zero-order chi connectivity index (χ0) is 23.6. The van der Waals surface area contributed by atoms with Crippen LogP contribution in [-0.2, 0) is 25.6 Å². The molecule has 0 fully saturated rings. The number of thiophene rings is 1. The van der Waals surface area contributed by atoms with E-state index in [4.69, 9.17) is 14.2 Å². The Kier molecular flexibility index (Phi) is 8.73. The quantitative estimate of drug-likeness (QED) is 0.345. The van der Waals surface area contributed by atoms with Gasteiger partial charge in [-0.05, 0) is 30.2 Å². The highest BCUT2D eigenvalue weighted by molar-refractivity contribution is 7.21. The lowest BCUT2D eigenvalue weighted by atomic mass is 10.2. The zero-order valence-electron chi connectivity index (χ0n) is 18.3. The lowest BCUT2D eigenvalue weighted by molar-refractivity contribution is -0.147. The Morgan fingerprint density at radius 1 is 1.09 bits per heavy atom. The van der Waals surface area contributed by atoms with Crippen molar-refractivity contribution >= 4 is 39.5 Å². The zero-order valence-corrected chi connectivity index (χ0v) is 19.1. The molecular formula is C23H25N3O6S. The number of benzene rings is 1. The topological polar surface area (TPSA) is 116 Å². The molecule has 2 N–H and O–H groups in total. The second-order valence-electron chi connectivity index (χ2n) is 7.08. The Bertz CT molecular complexity index is 1100. The van der Waals surface area contributed by atoms with E-state index in [9.17, 15) is 14.4 Å². The van der Waals surface area contributed by atoms with E-state index in [1.54, 1.807) is 12.3 Å². The van der Waals surface area contributed by atoms with Crippen LogP contribution in [0.25, 0.3) is 10.2 Å². The van der Waals surface area contributed by atoms with Gasteiger partial charge in [-0.3, -0.25) is 9.78 Å². The van der Waals surface area contributed by atoms with Crippen LogP contribution in [0.2, 0.25) is 0 Å². The van der Waals surface area contributed by atoms with Gasteiger partial charge in [-0.15, -0.1) is 11.3 Å². The molecule has 174 valence electrons. The van der Waals surface area contributed by atoms with E-state index >= 15 is 0 Å². The number of nitrogens with one attached hydrogen (secondary N) is 2. The molecule has 0 radical (unpaired) electrons. The number of fused-ring (bicyclic) bond motifs is 1. The third kappa shape index (κ3) is 6.99. The summed E-state index contributed by atoms with van der Waals surface area (Å²) in [5.41, 5.74) is 2.55. The van der Waals surface area contributed by atoms with E-state index < -0.39 is 18.1 Å². The molecular weight excluding hydrogens is 446 g/mol. The van der Waals surface area contributed by atoms with Gasteiger partial charge in [-0.1, -0.05) is 30.3 Å². The van der Waals surface area contributed by atoms with Crippen molar-refractivity contribution in [3.63, 3.8) is 0 Å². The summed E-state index contributed by atoms with van der Waals surface area (Å²) in [4.78, 5) is 42.1. The standard InChI is InChI=1S/C23H25N3O6S/c1-15-8-9-24-17-12-19(33-20(15)17)21(27)25-13-18(22(28)31-11-10-30-2)26-23(29)32-14-16-6-4-3-5-7-16/h3-9,12,18H,10-11,13-14H2,1-2H3,(H,25,27)(H,26,29)/t18-/m1/s1. The summed E-state index contributed by atoms with van der Waals surface area (Å²) in [6, 6.07) is 11.6. The number of carbonyl (C=O) groups excluding carboxylic acids is 3. The summed E-state index contributed by atoms with van der Waals surface area (Å²) < 4.78 is 16.1. The largest absolute Gasteiger partial charge is 0.462 e. The van der Waals surface area contributed by atoms with Gasteiger partial charge < -0.3 is 24.8 Å². The number of carbonyl (C=O) groups is 3. The molecule has 0 saturated carbocycles. The first-order valence-electron chi connectivity index (χ1n) is 10.2. The minimum atomic E-state index is -1.14. The maximum atomic E-state index is 12.7. The van der Waals surface area contributed by atoms with E-state index in [1.165, 1.54) is 18.4 Å². The minimum Gasteiger partial charge on any atom is -0.462 e. The van der Waals surface area contributed by atoms with Crippen LogP contribution < -0.4 is 10.6 Å². The summed E-state index contributed by atoms with van der Waals surface area (Å²) in [6.07, 6.45) is 0.881. The maximum absolute atomic E-state index is 12.7. The van der Waals surface area contributed by atoms with Gasteiger partial charge in [0.25, 0.3) is 5.91 Å². The number of hydrogen-bond donors (Lipinski definition) is 2. The van der Waals surface area contributed by atoms with Gasteiger partial charge in [0.05, 0.1) is 21.7 Å². The number of pyridine rings is 1. The van der Waals surface area contributed by atoms with Gasteiger partial charge in [-0.25, -0.2) is 9.59 Å². The molecule has 9 nitrogen and oxygen atoms in total. The monoisotopic (exact) mass is 471 g/mol. The summed E-state index contributed by atoms with van der Waals surface area (Å²) in [7, 11) is 1.48. The summed E-state index contributed by atoms with van der Waals surface area (Å²) >= 11 is 1.31. The van der Waals surface area contributed by atoms with E-state index in [2.05, 4.69) is 15.6 Å². The smallest absolute Gasteiger partial charge is 0.408 e. The van der Waals surface area contributed by atoms with Gasteiger partial charge in [0.1, 0.15) is 19.3 Å². The Morgan fingerprint density at radius 3 is 2.61 bits per heavy atom. The van der Waals surface area contributed by atoms with E-state index in [0.717, 1.165) is 21.3 Å². The lowest BCUT2D eigenvalue weighted by Crippen LogP contribution is -2.49. The molecule has 1 atom stereocenters. The van der Waals surface area contributed by atoms with Gasteiger partial charge in [0, 0.05) is 19.9 Å². The summed E-state index contributed by atoms with van der Waals surface area (Å²) in [6.45, 7) is 2.03. The van der Waals surface area contributed by atoms with Gasteiger partial charge in [-0.2, -0.15) is 0 Å². The number of aryl methyl sites for hydroxylation is 1. The fourth-order valence-corrected chi connectivity index (χ4v) is 3.89. The molecule has 33 heavy (non-hydrogen) atoms. The van der Waals surface area contributed by atoms with Crippen LogP contribution in [0.1, 0.15) is 20.8 Å². The van der Waals surface area contributed by atoms with Crippen molar-refractivity contribution in [2.24, 2.45) is 0 Å². The third-order valence-corrected chi connectivity index (χ3v) is 5.88. The average molecular weight is 472 g/mol. The molecule has 0 saturated heterocycles. The molecule has 3 rings (SSSR count). The Balaban J connectivity index is 1.61. The molecule has 0 aliphatic carbocycles. The van der Waals surface area contributed by atoms with Crippen LogP contribution in [0.4, 0.5) is 4.79 Å². The first-order chi connectivity index (χ1) is 16.0. The number of esters is 1. The van der Waals surface area contributed by atoms with Crippen molar-refractivity contribution in [3.8, 4) is 0 Å². The molecule has 1 aromatic carbocycles. The maximum Gasteiger partial charge on any atom is 0.408 e. The highest BCUT2D eigenvalue weighted by Crippen LogP contribution is 2.26. The molecule has 10 heteroatoms.